The minimum atomic E-state index is -1.29. The minimum absolute atomic E-state index is 0.242. The zero-order valence-corrected chi connectivity index (χ0v) is 15.2. The van der Waals surface area contributed by atoms with Crippen LogP contribution in [0.4, 0.5) is 5.69 Å². The molecule has 1 aliphatic rings. The van der Waals surface area contributed by atoms with E-state index in [9.17, 15) is 14.4 Å². The fourth-order valence-electron chi connectivity index (χ4n) is 2.33. The molecule has 1 aromatic rings. The van der Waals surface area contributed by atoms with Crippen LogP contribution in [0.2, 0.25) is 0 Å². The van der Waals surface area contributed by atoms with E-state index in [1.54, 1.807) is 32.2 Å². The molecule has 1 fully saturated rings. The monoisotopic (exact) mass is 362 g/mol. The lowest BCUT2D eigenvalue weighted by atomic mass is 10.1. The molecule has 2 N–H and O–H groups in total. The first-order valence-corrected chi connectivity index (χ1v) is 8.05. The second kappa shape index (κ2) is 8.01. The molecule has 8 nitrogen and oxygen atoms in total. The number of amides is 1. The Morgan fingerprint density at radius 2 is 1.88 bits per heavy atom. The van der Waals surface area contributed by atoms with Gasteiger partial charge in [-0.15, -0.1) is 0 Å². The molecule has 0 aliphatic carbocycles. The van der Waals surface area contributed by atoms with Crippen molar-refractivity contribution >= 4 is 23.5 Å². The highest BCUT2D eigenvalue weighted by Crippen LogP contribution is 2.24. The molecule has 0 saturated carbocycles. The van der Waals surface area contributed by atoms with Crippen LogP contribution in [0.1, 0.15) is 29.8 Å². The summed E-state index contributed by atoms with van der Waals surface area (Å²) in [6.45, 7) is 5.51. The normalized spacial score (nSPS) is 15.8. The molecule has 1 aliphatic heterocycles. The van der Waals surface area contributed by atoms with Crippen LogP contribution in [0, 0.1) is 6.92 Å². The van der Waals surface area contributed by atoms with Crippen molar-refractivity contribution in [1.82, 2.24) is 5.32 Å². The lowest BCUT2D eigenvalue weighted by molar-refractivity contribution is -0.222. The molecule has 1 saturated heterocycles. The van der Waals surface area contributed by atoms with Gasteiger partial charge in [0.25, 0.3) is 11.7 Å². The quantitative estimate of drug-likeness (QED) is 0.342. The van der Waals surface area contributed by atoms with Crippen molar-refractivity contribution in [2.75, 3.05) is 25.6 Å². The van der Waals surface area contributed by atoms with Crippen LogP contribution < -0.4 is 10.6 Å². The van der Waals surface area contributed by atoms with E-state index in [-0.39, 0.29) is 11.5 Å². The van der Waals surface area contributed by atoms with Gasteiger partial charge in [-0.05, 0) is 24.6 Å². The zero-order valence-electron chi connectivity index (χ0n) is 15.2. The van der Waals surface area contributed by atoms with E-state index in [1.165, 1.54) is 20.0 Å². The number of hydrogen-bond acceptors (Lipinski definition) is 7. The van der Waals surface area contributed by atoms with Crippen molar-refractivity contribution in [2.45, 2.75) is 26.6 Å². The second-order valence-corrected chi connectivity index (χ2v) is 6.11. The van der Waals surface area contributed by atoms with Crippen molar-refractivity contribution in [1.29, 1.82) is 0 Å². The van der Waals surface area contributed by atoms with Gasteiger partial charge in [-0.2, -0.15) is 0 Å². The largest absolute Gasteiger partial charge is 0.419 e. The highest BCUT2D eigenvalue weighted by Gasteiger charge is 2.38. The summed E-state index contributed by atoms with van der Waals surface area (Å²) in [6, 6.07) is 5.10. The molecule has 1 heterocycles. The van der Waals surface area contributed by atoms with Crippen molar-refractivity contribution in [3.05, 3.63) is 41.1 Å². The number of methoxy groups -OCH3 is 1. The van der Waals surface area contributed by atoms with E-state index >= 15 is 0 Å². The lowest BCUT2D eigenvalue weighted by Gasteiger charge is -2.29. The van der Waals surface area contributed by atoms with Gasteiger partial charge in [0.2, 0.25) is 0 Å². The number of carbonyl (C=O) groups excluding carboxylic acids is 3. The second-order valence-electron chi connectivity index (χ2n) is 6.11. The van der Waals surface area contributed by atoms with E-state index in [2.05, 4.69) is 10.6 Å². The first-order chi connectivity index (χ1) is 12.2. The molecule has 0 atom stereocenters. The predicted octanol–water partition coefficient (Wildman–Crippen LogP) is 1.50. The molecule has 0 spiro atoms. The molecule has 1 aromatic carbocycles. The van der Waals surface area contributed by atoms with Gasteiger partial charge in [0.05, 0.1) is 6.61 Å². The third-order valence-corrected chi connectivity index (χ3v) is 3.66. The number of esters is 2. The Bertz CT molecular complexity index is 732. The maximum absolute atomic E-state index is 12.2. The number of hydrogen-bond donors (Lipinski definition) is 2. The van der Waals surface area contributed by atoms with Crippen molar-refractivity contribution in [2.24, 2.45) is 0 Å². The smallest absolute Gasteiger partial charge is 0.350 e. The van der Waals surface area contributed by atoms with Gasteiger partial charge in [-0.3, -0.25) is 4.79 Å². The van der Waals surface area contributed by atoms with Gasteiger partial charge in [-0.25, -0.2) is 9.59 Å². The van der Waals surface area contributed by atoms with Crippen molar-refractivity contribution in [3.63, 3.8) is 0 Å². The molecular formula is C18H22N2O6. The van der Waals surface area contributed by atoms with Crippen LogP contribution >= 0.6 is 0 Å². The van der Waals surface area contributed by atoms with E-state index in [4.69, 9.17) is 14.2 Å². The SMILES string of the molecule is COCCNC(=O)c1cccc(NC=C2C(=O)OC(C)(C)OC2=O)c1C. The van der Waals surface area contributed by atoms with Crippen LogP contribution in [-0.4, -0.2) is 43.9 Å². The highest BCUT2D eigenvalue weighted by molar-refractivity contribution is 6.15. The van der Waals surface area contributed by atoms with E-state index in [0.29, 0.717) is 30.0 Å². The molecule has 8 heteroatoms. The van der Waals surface area contributed by atoms with Gasteiger partial charge >= 0.3 is 11.9 Å². The number of carbonyl (C=O) groups is 3. The fourth-order valence-corrected chi connectivity index (χ4v) is 2.33. The first-order valence-electron chi connectivity index (χ1n) is 8.05. The Hall–Kier alpha value is -2.87. The summed E-state index contributed by atoms with van der Waals surface area (Å²) >= 11 is 0. The molecule has 1 amide bonds. The van der Waals surface area contributed by atoms with Crippen LogP contribution in [0.25, 0.3) is 0 Å². The third kappa shape index (κ3) is 4.60. The molecule has 0 aromatic heterocycles. The summed E-state index contributed by atoms with van der Waals surface area (Å²) in [5.74, 6) is -3.08. The van der Waals surface area contributed by atoms with Crippen molar-refractivity contribution < 1.29 is 28.6 Å². The van der Waals surface area contributed by atoms with Gasteiger partial charge in [0.15, 0.2) is 5.57 Å². The van der Waals surface area contributed by atoms with Gasteiger partial charge in [0, 0.05) is 45.0 Å². The Morgan fingerprint density at radius 1 is 1.23 bits per heavy atom. The maximum Gasteiger partial charge on any atom is 0.350 e. The van der Waals surface area contributed by atoms with Crippen LogP contribution in [0.5, 0.6) is 0 Å². The molecule has 2 rings (SSSR count). The Kier molecular flexibility index (Phi) is 5.99. The van der Waals surface area contributed by atoms with Crippen LogP contribution in [-0.2, 0) is 23.8 Å². The van der Waals surface area contributed by atoms with Gasteiger partial charge in [-0.1, -0.05) is 6.07 Å². The third-order valence-electron chi connectivity index (χ3n) is 3.66. The first kappa shape index (κ1) is 19.5. The Balaban J connectivity index is 2.15. The van der Waals surface area contributed by atoms with Crippen LogP contribution in [0.15, 0.2) is 30.0 Å². The molecule has 140 valence electrons. The number of rotatable bonds is 6. The summed E-state index contributed by atoms with van der Waals surface area (Å²) in [4.78, 5) is 36.1. The summed E-state index contributed by atoms with van der Waals surface area (Å²) in [6.07, 6.45) is 1.22. The van der Waals surface area contributed by atoms with E-state index in [0.717, 1.165) is 0 Å². The molecule has 0 unspecified atom stereocenters. The summed E-state index contributed by atoms with van der Waals surface area (Å²) in [5.41, 5.74) is 1.46. The van der Waals surface area contributed by atoms with E-state index in [1.807, 2.05) is 0 Å². The summed E-state index contributed by atoms with van der Waals surface area (Å²) in [5, 5.41) is 5.61. The summed E-state index contributed by atoms with van der Waals surface area (Å²) < 4.78 is 15.0. The number of benzene rings is 1. The topological polar surface area (TPSA) is 103 Å². The van der Waals surface area contributed by atoms with Crippen molar-refractivity contribution in [3.8, 4) is 0 Å². The average molecular weight is 362 g/mol. The number of ether oxygens (including phenoxy) is 3. The highest BCUT2D eigenvalue weighted by atomic mass is 16.7. The standard InChI is InChI=1S/C18H22N2O6/c1-11-12(15(21)19-8-9-24-4)6-5-7-14(11)20-10-13-16(22)25-18(2,3)26-17(13)23/h5-7,10,20H,8-9H2,1-4H3,(H,19,21). The van der Waals surface area contributed by atoms with Crippen LogP contribution in [0.3, 0.4) is 0 Å². The maximum atomic E-state index is 12.2. The minimum Gasteiger partial charge on any atom is -0.419 e. The van der Waals surface area contributed by atoms with Gasteiger partial charge < -0.3 is 24.8 Å². The number of nitrogens with one attached hydrogen (secondary N) is 2. The lowest BCUT2D eigenvalue weighted by Crippen LogP contribution is -2.42. The van der Waals surface area contributed by atoms with Gasteiger partial charge in [0.1, 0.15) is 0 Å². The average Bonchev–Trinajstić information content (AvgIpc) is 2.54. The Morgan fingerprint density at radius 3 is 2.50 bits per heavy atom. The number of cyclic esters (lactones) is 2. The summed E-state index contributed by atoms with van der Waals surface area (Å²) in [7, 11) is 1.55. The zero-order chi connectivity index (χ0) is 19.3. The Labute approximate surface area is 151 Å². The molecule has 0 radical (unpaired) electrons. The number of anilines is 1. The molecule has 0 bridgehead atoms. The fraction of sp³-hybridized carbons (Fsp3) is 0.389. The predicted molar refractivity (Wildman–Crippen MR) is 93.4 cm³/mol. The van der Waals surface area contributed by atoms with E-state index < -0.39 is 17.7 Å². The molecule has 26 heavy (non-hydrogen) atoms. The molecular weight excluding hydrogens is 340 g/mol.